The first-order valence-corrected chi connectivity index (χ1v) is 6.05. The van der Waals surface area contributed by atoms with Gasteiger partial charge < -0.3 is 19.2 Å². The van der Waals surface area contributed by atoms with Crippen molar-refractivity contribution < 1.29 is 14.2 Å². The maximum Gasteiger partial charge on any atom is 0.304 e. The molecule has 0 aliphatic carbocycles. The smallest absolute Gasteiger partial charge is 0.304 e. The van der Waals surface area contributed by atoms with Crippen LogP contribution in [0.3, 0.4) is 0 Å². The molecular weight excluding hydrogens is 254 g/mol. The van der Waals surface area contributed by atoms with Crippen LogP contribution in [0, 0.1) is 0 Å². The van der Waals surface area contributed by atoms with Gasteiger partial charge >= 0.3 is 4.87 Å². The van der Waals surface area contributed by atoms with E-state index in [1.807, 2.05) is 0 Å². The average Bonchev–Trinajstić information content (AvgIpc) is 2.83. The van der Waals surface area contributed by atoms with E-state index in [4.69, 9.17) is 14.2 Å². The summed E-state index contributed by atoms with van der Waals surface area (Å²) in [4.78, 5) is 13.8. The fraction of sp³-hybridized carbons (Fsp3) is 0.250. The van der Waals surface area contributed by atoms with E-state index in [9.17, 15) is 4.79 Å². The van der Waals surface area contributed by atoms with Crippen LogP contribution in [-0.2, 0) is 0 Å². The zero-order valence-corrected chi connectivity index (χ0v) is 11.1. The van der Waals surface area contributed by atoms with Crippen LogP contribution in [0.1, 0.15) is 0 Å². The van der Waals surface area contributed by atoms with E-state index in [2.05, 4.69) is 4.98 Å². The van der Waals surface area contributed by atoms with Crippen LogP contribution in [-0.4, -0.2) is 26.3 Å². The number of nitrogens with one attached hydrogen (secondary N) is 1. The van der Waals surface area contributed by atoms with E-state index in [0.29, 0.717) is 17.2 Å². The Bertz CT molecular complexity index is 577. The van der Waals surface area contributed by atoms with Crippen molar-refractivity contribution in [2.45, 2.75) is 0 Å². The molecule has 0 amide bonds. The van der Waals surface area contributed by atoms with E-state index >= 15 is 0 Å². The first kappa shape index (κ1) is 12.5. The average molecular weight is 267 g/mol. The summed E-state index contributed by atoms with van der Waals surface area (Å²) in [5, 5.41) is 1.75. The van der Waals surface area contributed by atoms with E-state index in [-0.39, 0.29) is 4.87 Å². The van der Waals surface area contributed by atoms with Gasteiger partial charge in [0.25, 0.3) is 0 Å². The van der Waals surface area contributed by atoms with Gasteiger partial charge in [-0.1, -0.05) is 11.3 Å². The molecule has 0 unspecified atom stereocenters. The van der Waals surface area contributed by atoms with Gasteiger partial charge in [-0.25, -0.2) is 0 Å². The van der Waals surface area contributed by atoms with Gasteiger partial charge in [-0.3, -0.25) is 4.79 Å². The number of aromatic nitrogens is 1. The highest BCUT2D eigenvalue weighted by molar-refractivity contribution is 7.07. The van der Waals surface area contributed by atoms with E-state index in [1.54, 1.807) is 38.8 Å². The molecule has 0 saturated heterocycles. The van der Waals surface area contributed by atoms with Crippen LogP contribution >= 0.6 is 11.3 Å². The summed E-state index contributed by atoms with van der Waals surface area (Å²) >= 11 is 1.11. The molecule has 0 bridgehead atoms. The molecule has 0 atom stereocenters. The summed E-state index contributed by atoms with van der Waals surface area (Å²) in [6.45, 7) is 0. The Hall–Kier alpha value is -1.95. The van der Waals surface area contributed by atoms with E-state index in [1.165, 1.54) is 0 Å². The van der Waals surface area contributed by atoms with Crippen LogP contribution in [0.15, 0.2) is 22.3 Å². The minimum atomic E-state index is -0.0984. The molecule has 6 heteroatoms. The van der Waals surface area contributed by atoms with Gasteiger partial charge in [0.05, 0.1) is 27.0 Å². The molecule has 1 aromatic carbocycles. The SMILES string of the molecule is COc1cc(-c2csc(=O)[nH]2)cc(OC)c1OC. The minimum Gasteiger partial charge on any atom is -0.493 e. The van der Waals surface area contributed by atoms with Crippen LogP contribution in [0.4, 0.5) is 0 Å². The molecular formula is C12H13NO4S. The Balaban J connectivity index is 2.59. The molecule has 0 aliphatic heterocycles. The zero-order valence-electron chi connectivity index (χ0n) is 10.3. The highest BCUT2D eigenvalue weighted by Crippen LogP contribution is 2.40. The van der Waals surface area contributed by atoms with Gasteiger partial charge in [0, 0.05) is 10.9 Å². The molecule has 1 aromatic heterocycles. The third-order valence-corrected chi connectivity index (χ3v) is 3.17. The van der Waals surface area contributed by atoms with Gasteiger partial charge in [-0.15, -0.1) is 0 Å². The van der Waals surface area contributed by atoms with Crippen molar-refractivity contribution >= 4 is 11.3 Å². The van der Waals surface area contributed by atoms with Gasteiger partial charge in [-0.05, 0) is 12.1 Å². The molecule has 96 valence electrons. The zero-order chi connectivity index (χ0) is 13.1. The molecule has 0 spiro atoms. The third kappa shape index (κ3) is 2.19. The van der Waals surface area contributed by atoms with Crippen LogP contribution < -0.4 is 19.1 Å². The van der Waals surface area contributed by atoms with Gasteiger partial charge in [0.15, 0.2) is 11.5 Å². The second-order valence-corrected chi connectivity index (χ2v) is 4.32. The van der Waals surface area contributed by atoms with Gasteiger partial charge in [0.2, 0.25) is 5.75 Å². The summed E-state index contributed by atoms with van der Waals surface area (Å²) in [6.07, 6.45) is 0. The molecule has 0 fully saturated rings. The number of benzene rings is 1. The van der Waals surface area contributed by atoms with Crippen molar-refractivity contribution in [3.63, 3.8) is 0 Å². The normalized spacial score (nSPS) is 10.2. The van der Waals surface area contributed by atoms with Crippen LogP contribution in [0.25, 0.3) is 11.3 Å². The van der Waals surface area contributed by atoms with E-state index < -0.39 is 0 Å². The Morgan fingerprint density at radius 1 is 1.06 bits per heavy atom. The monoisotopic (exact) mass is 267 g/mol. The lowest BCUT2D eigenvalue weighted by Crippen LogP contribution is -1.97. The number of methoxy groups -OCH3 is 3. The van der Waals surface area contributed by atoms with E-state index in [0.717, 1.165) is 22.6 Å². The number of rotatable bonds is 4. The van der Waals surface area contributed by atoms with Crippen molar-refractivity contribution in [2.24, 2.45) is 0 Å². The Morgan fingerprint density at radius 3 is 2.06 bits per heavy atom. The second-order valence-electron chi connectivity index (χ2n) is 3.48. The topological polar surface area (TPSA) is 60.6 Å². The molecule has 1 heterocycles. The number of hydrogen-bond donors (Lipinski definition) is 1. The first-order chi connectivity index (χ1) is 8.69. The maximum atomic E-state index is 11.2. The van der Waals surface area contributed by atoms with Crippen molar-refractivity contribution in [1.82, 2.24) is 4.98 Å². The predicted molar refractivity (Wildman–Crippen MR) is 70.0 cm³/mol. The highest BCUT2D eigenvalue weighted by Gasteiger charge is 2.14. The Morgan fingerprint density at radius 2 is 1.67 bits per heavy atom. The lowest BCUT2D eigenvalue weighted by Gasteiger charge is -2.13. The third-order valence-electron chi connectivity index (χ3n) is 2.50. The van der Waals surface area contributed by atoms with Gasteiger partial charge in [-0.2, -0.15) is 0 Å². The lowest BCUT2D eigenvalue weighted by atomic mass is 10.1. The predicted octanol–water partition coefficient (Wildman–Crippen LogP) is 2.13. The quantitative estimate of drug-likeness (QED) is 0.921. The standard InChI is InChI=1S/C12H13NO4S/c1-15-9-4-7(8-6-18-12(14)13-8)5-10(16-2)11(9)17-3/h4-6H,1-3H3,(H,13,14). The summed E-state index contributed by atoms with van der Waals surface area (Å²) in [7, 11) is 4.65. The second kappa shape index (κ2) is 5.14. The molecule has 0 aliphatic rings. The van der Waals surface area contributed by atoms with Crippen LogP contribution in [0.2, 0.25) is 0 Å². The number of hydrogen-bond acceptors (Lipinski definition) is 5. The summed E-state index contributed by atoms with van der Waals surface area (Å²) < 4.78 is 15.7. The molecule has 2 aromatic rings. The fourth-order valence-corrected chi connectivity index (χ4v) is 2.25. The van der Waals surface area contributed by atoms with Crippen molar-refractivity contribution in [2.75, 3.05) is 21.3 Å². The fourth-order valence-electron chi connectivity index (χ4n) is 1.66. The Labute approximate surface area is 108 Å². The number of ether oxygens (including phenoxy) is 3. The summed E-state index contributed by atoms with van der Waals surface area (Å²) in [5.74, 6) is 1.64. The van der Waals surface area contributed by atoms with Crippen molar-refractivity contribution in [1.29, 1.82) is 0 Å². The molecule has 0 radical (unpaired) electrons. The minimum absolute atomic E-state index is 0.0984. The van der Waals surface area contributed by atoms with Gasteiger partial charge in [0.1, 0.15) is 0 Å². The highest BCUT2D eigenvalue weighted by atomic mass is 32.1. The largest absolute Gasteiger partial charge is 0.493 e. The summed E-state index contributed by atoms with van der Waals surface area (Å²) in [6, 6.07) is 3.58. The number of H-pyrrole nitrogens is 1. The molecule has 0 saturated carbocycles. The molecule has 2 rings (SSSR count). The van der Waals surface area contributed by atoms with Crippen LogP contribution in [0.5, 0.6) is 17.2 Å². The van der Waals surface area contributed by atoms with Crippen molar-refractivity contribution in [3.8, 4) is 28.5 Å². The molecule has 1 N–H and O–H groups in total. The number of aromatic amines is 1. The lowest BCUT2D eigenvalue weighted by molar-refractivity contribution is 0.324. The molecule has 5 nitrogen and oxygen atoms in total. The Kier molecular flexibility index (Phi) is 3.57. The maximum absolute atomic E-state index is 11.2. The first-order valence-electron chi connectivity index (χ1n) is 5.17. The number of thiazole rings is 1. The summed E-state index contributed by atoms with van der Waals surface area (Å²) in [5.41, 5.74) is 1.53. The molecule has 18 heavy (non-hydrogen) atoms. The van der Waals surface area contributed by atoms with Crippen molar-refractivity contribution in [3.05, 3.63) is 27.2 Å².